The van der Waals surface area contributed by atoms with Gasteiger partial charge in [-0.25, -0.2) is 9.29 Å². The van der Waals surface area contributed by atoms with Gasteiger partial charge >= 0.3 is 0 Å². The van der Waals surface area contributed by atoms with Gasteiger partial charge in [0, 0.05) is 36.3 Å². The largest absolute Gasteiger partial charge is 0.334 e. The quantitative estimate of drug-likeness (QED) is 0.562. The maximum Gasteiger partial charge on any atom is 0.266 e. The van der Waals surface area contributed by atoms with E-state index in [9.17, 15) is 18.8 Å². The van der Waals surface area contributed by atoms with Gasteiger partial charge in [0.15, 0.2) is 0 Å². The second kappa shape index (κ2) is 7.37. The molecule has 2 aliphatic rings. The molecular weight excluding hydrogens is 423 g/mol. The molecule has 1 aromatic heterocycles. The topological polar surface area (TPSA) is 75.5 Å². The molecular formula is C25H23FN4O3. The summed E-state index contributed by atoms with van der Waals surface area (Å²) >= 11 is 0. The van der Waals surface area contributed by atoms with Gasteiger partial charge in [-0.2, -0.15) is 5.10 Å². The third-order valence-corrected chi connectivity index (χ3v) is 6.08. The molecule has 0 atom stereocenters. The lowest BCUT2D eigenvalue weighted by Crippen LogP contribution is -2.37. The van der Waals surface area contributed by atoms with E-state index in [-0.39, 0.29) is 28.3 Å². The van der Waals surface area contributed by atoms with Crippen molar-refractivity contribution in [2.24, 2.45) is 0 Å². The monoisotopic (exact) mass is 446 g/mol. The zero-order valence-electron chi connectivity index (χ0n) is 18.6. The van der Waals surface area contributed by atoms with E-state index in [0.29, 0.717) is 25.1 Å². The highest BCUT2D eigenvalue weighted by Crippen LogP contribution is 2.30. The Morgan fingerprint density at radius 2 is 1.70 bits per heavy atom. The Morgan fingerprint density at radius 1 is 1.00 bits per heavy atom. The fourth-order valence-electron chi connectivity index (χ4n) is 4.46. The van der Waals surface area contributed by atoms with Crippen LogP contribution in [0.3, 0.4) is 0 Å². The molecule has 0 bridgehead atoms. The number of imide groups is 1. The summed E-state index contributed by atoms with van der Waals surface area (Å²) in [4.78, 5) is 41.8. The fourth-order valence-corrected chi connectivity index (χ4v) is 4.46. The van der Waals surface area contributed by atoms with Crippen LogP contribution in [-0.4, -0.2) is 38.9 Å². The SMILES string of the molecule is CC(C)(C)n1ncc2c1CCN(C(=O)c1ccc3c(c1)C(=O)N(c1ccc(F)cc1)C3=O)C2. The summed E-state index contributed by atoms with van der Waals surface area (Å²) in [5.41, 5.74) is 3.05. The van der Waals surface area contributed by atoms with Gasteiger partial charge in [0.05, 0.1) is 28.6 Å². The first-order valence-electron chi connectivity index (χ1n) is 10.8. The molecule has 0 saturated carbocycles. The molecule has 168 valence electrons. The minimum absolute atomic E-state index is 0.136. The van der Waals surface area contributed by atoms with Crippen LogP contribution < -0.4 is 4.90 Å². The highest BCUT2D eigenvalue weighted by atomic mass is 19.1. The molecule has 0 spiro atoms. The number of fused-ring (bicyclic) bond motifs is 2. The third-order valence-electron chi connectivity index (χ3n) is 6.08. The molecule has 8 heteroatoms. The number of hydrogen-bond acceptors (Lipinski definition) is 4. The summed E-state index contributed by atoms with van der Waals surface area (Å²) < 4.78 is 15.3. The Hall–Kier alpha value is -3.81. The Morgan fingerprint density at radius 3 is 2.39 bits per heavy atom. The smallest absolute Gasteiger partial charge is 0.266 e. The van der Waals surface area contributed by atoms with Crippen molar-refractivity contribution in [1.29, 1.82) is 0 Å². The van der Waals surface area contributed by atoms with Crippen LogP contribution in [0.2, 0.25) is 0 Å². The molecule has 2 aromatic carbocycles. The zero-order valence-corrected chi connectivity index (χ0v) is 18.6. The summed E-state index contributed by atoms with van der Waals surface area (Å²) in [5.74, 6) is -1.67. The first kappa shape index (κ1) is 21.1. The second-order valence-corrected chi connectivity index (χ2v) is 9.36. The predicted molar refractivity (Wildman–Crippen MR) is 120 cm³/mol. The van der Waals surface area contributed by atoms with E-state index in [4.69, 9.17) is 0 Å². The number of carbonyl (C=O) groups is 3. The van der Waals surface area contributed by atoms with E-state index < -0.39 is 17.6 Å². The van der Waals surface area contributed by atoms with Gasteiger partial charge in [-0.15, -0.1) is 0 Å². The summed E-state index contributed by atoms with van der Waals surface area (Å²) in [6.45, 7) is 7.26. The van der Waals surface area contributed by atoms with Gasteiger partial charge in [0.25, 0.3) is 17.7 Å². The average Bonchev–Trinajstić information content (AvgIpc) is 3.32. The van der Waals surface area contributed by atoms with Crippen molar-refractivity contribution < 1.29 is 18.8 Å². The lowest BCUT2D eigenvalue weighted by Gasteiger charge is -2.30. The van der Waals surface area contributed by atoms with E-state index >= 15 is 0 Å². The number of hydrogen-bond donors (Lipinski definition) is 0. The molecule has 0 radical (unpaired) electrons. The molecule has 3 heterocycles. The number of carbonyl (C=O) groups excluding carboxylic acids is 3. The number of anilines is 1. The van der Waals surface area contributed by atoms with Crippen LogP contribution in [0.5, 0.6) is 0 Å². The Balaban J connectivity index is 1.40. The lowest BCUT2D eigenvalue weighted by atomic mass is 10.0. The van der Waals surface area contributed by atoms with Gasteiger partial charge in [-0.1, -0.05) is 0 Å². The van der Waals surface area contributed by atoms with Crippen molar-refractivity contribution in [3.63, 3.8) is 0 Å². The average molecular weight is 446 g/mol. The molecule has 7 nitrogen and oxygen atoms in total. The first-order chi connectivity index (χ1) is 15.6. The molecule has 2 aliphatic heterocycles. The molecule has 0 N–H and O–H groups in total. The van der Waals surface area contributed by atoms with Crippen LogP contribution in [0.1, 0.15) is 63.1 Å². The molecule has 0 aliphatic carbocycles. The maximum atomic E-state index is 13.3. The molecule has 0 fully saturated rings. The van der Waals surface area contributed by atoms with Crippen molar-refractivity contribution in [3.05, 3.63) is 82.4 Å². The standard InChI is InChI=1S/C25H23FN4O3/c1-25(2,3)30-21-10-11-28(14-16(21)13-27-30)22(31)15-4-9-19-20(12-15)24(33)29(23(19)32)18-7-5-17(26)6-8-18/h4-9,12-13H,10-11,14H2,1-3H3. The van der Waals surface area contributed by atoms with Gasteiger partial charge < -0.3 is 4.90 Å². The molecule has 5 rings (SSSR count). The summed E-state index contributed by atoms with van der Waals surface area (Å²) in [7, 11) is 0. The van der Waals surface area contributed by atoms with Crippen LogP contribution in [0.15, 0.2) is 48.7 Å². The van der Waals surface area contributed by atoms with E-state index in [1.807, 2.05) is 10.9 Å². The Kier molecular flexibility index (Phi) is 4.70. The molecule has 0 unspecified atom stereocenters. The first-order valence-corrected chi connectivity index (χ1v) is 10.8. The summed E-state index contributed by atoms with van der Waals surface area (Å²) in [6.07, 6.45) is 2.50. The highest BCUT2D eigenvalue weighted by Gasteiger charge is 2.37. The Labute approximate surface area is 190 Å². The second-order valence-electron chi connectivity index (χ2n) is 9.36. The lowest BCUT2D eigenvalue weighted by molar-refractivity contribution is 0.0732. The zero-order chi connectivity index (χ0) is 23.5. The van der Waals surface area contributed by atoms with Crippen molar-refractivity contribution in [2.45, 2.75) is 39.3 Å². The number of amides is 3. The minimum Gasteiger partial charge on any atom is -0.334 e. The van der Waals surface area contributed by atoms with Gasteiger partial charge in [0.2, 0.25) is 0 Å². The van der Waals surface area contributed by atoms with Crippen molar-refractivity contribution >= 4 is 23.4 Å². The number of rotatable bonds is 2. The van der Waals surface area contributed by atoms with Gasteiger partial charge in [-0.3, -0.25) is 19.1 Å². The maximum absolute atomic E-state index is 13.3. The van der Waals surface area contributed by atoms with Crippen LogP contribution in [0, 0.1) is 5.82 Å². The summed E-state index contributed by atoms with van der Waals surface area (Å²) in [6, 6.07) is 9.72. The van der Waals surface area contributed by atoms with Crippen LogP contribution in [0.4, 0.5) is 10.1 Å². The molecule has 3 amide bonds. The highest BCUT2D eigenvalue weighted by molar-refractivity contribution is 6.34. The van der Waals surface area contributed by atoms with Crippen LogP contribution in [0.25, 0.3) is 0 Å². The van der Waals surface area contributed by atoms with E-state index in [2.05, 4.69) is 25.9 Å². The normalized spacial score (nSPS) is 15.6. The van der Waals surface area contributed by atoms with Gasteiger partial charge in [-0.05, 0) is 63.2 Å². The van der Waals surface area contributed by atoms with Gasteiger partial charge in [0.1, 0.15) is 5.82 Å². The number of aromatic nitrogens is 2. The predicted octanol–water partition coefficient (Wildman–Crippen LogP) is 3.78. The minimum atomic E-state index is -0.524. The van der Waals surface area contributed by atoms with Crippen LogP contribution in [-0.2, 0) is 18.5 Å². The Bertz CT molecular complexity index is 1300. The number of benzene rings is 2. The molecule has 0 saturated heterocycles. The van der Waals surface area contributed by atoms with Crippen molar-refractivity contribution in [1.82, 2.24) is 14.7 Å². The number of halogens is 1. The summed E-state index contributed by atoms with van der Waals surface area (Å²) in [5, 5.41) is 4.51. The molecule has 3 aromatic rings. The van der Waals surface area contributed by atoms with Crippen molar-refractivity contribution in [2.75, 3.05) is 11.4 Å². The van der Waals surface area contributed by atoms with E-state index in [1.165, 1.54) is 36.4 Å². The number of nitrogens with zero attached hydrogens (tertiary/aromatic N) is 4. The fraction of sp³-hybridized carbons (Fsp3) is 0.280. The van der Waals surface area contributed by atoms with Crippen LogP contribution >= 0.6 is 0 Å². The van der Waals surface area contributed by atoms with E-state index in [1.54, 1.807) is 11.0 Å². The molecule has 33 heavy (non-hydrogen) atoms. The van der Waals surface area contributed by atoms with E-state index in [0.717, 1.165) is 16.2 Å². The third kappa shape index (κ3) is 3.42. The van der Waals surface area contributed by atoms with Crippen molar-refractivity contribution in [3.8, 4) is 0 Å².